The standard InChI is InChI=1S/C21H21N3O3S/c1-15(2)28(26,27)19-11-7-6-10-18(19)21(25)24-17-12-13-20(22-14-17)23-16-8-4-3-5-9-16/h3-15H,1-2H3,(H,22,23)(H,24,25). The molecule has 6 nitrogen and oxygen atoms in total. The first-order chi connectivity index (χ1) is 13.4. The second-order valence-electron chi connectivity index (χ2n) is 6.47. The van der Waals surface area contributed by atoms with Crippen LogP contribution in [0, 0.1) is 0 Å². The normalized spacial score (nSPS) is 11.2. The second kappa shape index (κ2) is 8.22. The van der Waals surface area contributed by atoms with Crippen LogP contribution in [0.25, 0.3) is 0 Å². The third kappa shape index (κ3) is 4.37. The van der Waals surface area contributed by atoms with E-state index in [2.05, 4.69) is 15.6 Å². The molecule has 0 atom stereocenters. The van der Waals surface area contributed by atoms with Crippen molar-refractivity contribution in [2.45, 2.75) is 24.0 Å². The van der Waals surface area contributed by atoms with Crippen molar-refractivity contribution in [2.24, 2.45) is 0 Å². The average Bonchev–Trinajstić information content (AvgIpc) is 2.70. The van der Waals surface area contributed by atoms with Crippen molar-refractivity contribution in [3.8, 4) is 0 Å². The molecule has 2 N–H and O–H groups in total. The first kappa shape index (κ1) is 19.6. The molecule has 0 unspecified atom stereocenters. The van der Waals surface area contributed by atoms with E-state index in [0.29, 0.717) is 11.5 Å². The van der Waals surface area contributed by atoms with Crippen LogP contribution in [-0.2, 0) is 9.84 Å². The first-order valence-electron chi connectivity index (χ1n) is 8.80. The maximum absolute atomic E-state index is 12.7. The predicted octanol–water partition coefficient (Wildman–Crippen LogP) is 4.26. The number of hydrogen-bond acceptors (Lipinski definition) is 5. The summed E-state index contributed by atoms with van der Waals surface area (Å²) in [6.45, 7) is 3.18. The molecule has 0 aliphatic carbocycles. The maximum Gasteiger partial charge on any atom is 0.257 e. The molecule has 0 saturated carbocycles. The van der Waals surface area contributed by atoms with Gasteiger partial charge in [-0.3, -0.25) is 4.79 Å². The van der Waals surface area contributed by atoms with Crippen LogP contribution in [0.3, 0.4) is 0 Å². The Balaban J connectivity index is 1.77. The summed E-state index contributed by atoms with van der Waals surface area (Å²) < 4.78 is 25.1. The molecular formula is C21H21N3O3S. The van der Waals surface area contributed by atoms with E-state index in [1.807, 2.05) is 30.3 Å². The fourth-order valence-corrected chi connectivity index (χ4v) is 3.81. The Morgan fingerprint density at radius 1 is 0.893 bits per heavy atom. The molecule has 2 aromatic carbocycles. The summed E-state index contributed by atoms with van der Waals surface area (Å²) in [6, 6.07) is 19.2. The van der Waals surface area contributed by atoms with Gasteiger partial charge in [-0.05, 0) is 50.2 Å². The predicted molar refractivity (Wildman–Crippen MR) is 111 cm³/mol. The lowest BCUT2D eigenvalue weighted by atomic mass is 10.2. The Morgan fingerprint density at radius 2 is 1.57 bits per heavy atom. The smallest absolute Gasteiger partial charge is 0.257 e. The lowest BCUT2D eigenvalue weighted by Gasteiger charge is -2.13. The van der Waals surface area contributed by atoms with Crippen LogP contribution in [-0.4, -0.2) is 24.6 Å². The summed E-state index contributed by atoms with van der Waals surface area (Å²) in [7, 11) is -3.57. The molecule has 3 aromatic rings. The van der Waals surface area contributed by atoms with Crippen LogP contribution in [0.15, 0.2) is 77.8 Å². The Hall–Kier alpha value is -3.19. The van der Waals surface area contributed by atoms with Gasteiger partial charge in [-0.2, -0.15) is 0 Å². The third-order valence-corrected chi connectivity index (χ3v) is 6.34. The number of rotatable bonds is 6. The monoisotopic (exact) mass is 395 g/mol. The zero-order valence-electron chi connectivity index (χ0n) is 15.6. The number of benzene rings is 2. The summed E-state index contributed by atoms with van der Waals surface area (Å²) in [6.07, 6.45) is 1.52. The van der Waals surface area contributed by atoms with Crippen LogP contribution >= 0.6 is 0 Å². The second-order valence-corrected chi connectivity index (χ2v) is 8.94. The lowest BCUT2D eigenvalue weighted by Crippen LogP contribution is -2.20. The lowest BCUT2D eigenvalue weighted by molar-refractivity contribution is 0.102. The summed E-state index contributed by atoms with van der Waals surface area (Å²) in [5.74, 6) is 0.136. The molecule has 0 aliphatic rings. The van der Waals surface area contributed by atoms with Crippen LogP contribution in [0.1, 0.15) is 24.2 Å². The van der Waals surface area contributed by atoms with E-state index in [4.69, 9.17) is 0 Å². The summed E-state index contributed by atoms with van der Waals surface area (Å²) in [5, 5.41) is 5.24. The molecule has 0 bridgehead atoms. The van der Waals surface area contributed by atoms with Gasteiger partial charge in [-0.1, -0.05) is 30.3 Å². The van der Waals surface area contributed by atoms with Gasteiger partial charge in [0.2, 0.25) is 0 Å². The SMILES string of the molecule is CC(C)S(=O)(=O)c1ccccc1C(=O)Nc1ccc(Nc2ccccc2)nc1. The Kier molecular flexibility index (Phi) is 5.75. The summed E-state index contributed by atoms with van der Waals surface area (Å²) in [4.78, 5) is 17.0. The highest BCUT2D eigenvalue weighted by Crippen LogP contribution is 2.22. The average molecular weight is 395 g/mol. The highest BCUT2D eigenvalue weighted by atomic mass is 32.2. The van der Waals surface area contributed by atoms with Crippen molar-refractivity contribution < 1.29 is 13.2 Å². The number of amides is 1. The number of hydrogen-bond donors (Lipinski definition) is 2. The van der Waals surface area contributed by atoms with E-state index in [1.165, 1.54) is 18.3 Å². The van der Waals surface area contributed by atoms with Crippen molar-refractivity contribution in [1.82, 2.24) is 4.98 Å². The van der Waals surface area contributed by atoms with Gasteiger partial charge >= 0.3 is 0 Å². The molecule has 0 aliphatic heterocycles. The van der Waals surface area contributed by atoms with Crippen molar-refractivity contribution in [1.29, 1.82) is 0 Å². The molecule has 1 aromatic heterocycles. The minimum Gasteiger partial charge on any atom is -0.340 e. The van der Waals surface area contributed by atoms with Crippen LogP contribution in [0.2, 0.25) is 0 Å². The number of carbonyl (C=O) groups excluding carboxylic acids is 1. The number of para-hydroxylation sites is 1. The quantitative estimate of drug-likeness (QED) is 0.651. The highest BCUT2D eigenvalue weighted by molar-refractivity contribution is 7.92. The number of nitrogens with one attached hydrogen (secondary N) is 2. The van der Waals surface area contributed by atoms with Gasteiger partial charge in [0, 0.05) is 5.69 Å². The largest absolute Gasteiger partial charge is 0.340 e. The van der Waals surface area contributed by atoms with Crippen molar-refractivity contribution in [3.63, 3.8) is 0 Å². The van der Waals surface area contributed by atoms with Gasteiger partial charge in [0.15, 0.2) is 9.84 Å². The van der Waals surface area contributed by atoms with Crippen molar-refractivity contribution in [3.05, 3.63) is 78.5 Å². The fourth-order valence-electron chi connectivity index (χ4n) is 2.57. The Labute approximate surface area is 164 Å². The van der Waals surface area contributed by atoms with Gasteiger partial charge in [-0.25, -0.2) is 13.4 Å². The van der Waals surface area contributed by atoms with Gasteiger partial charge in [-0.15, -0.1) is 0 Å². The molecule has 3 rings (SSSR count). The van der Waals surface area contributed by atoms with Crippen molar-refractivity contribution >= 4 is 32.9 Å². The van der Waals surface area contributed by atoms with Gasteiger partial charge in [0.1, 0.15) is 5.82 Å². The molecule has 7 heteroatoms. The molecule has 0 saturated heterocycles. The molecule has 0 fully saturated rings. The zero-order chi connectivity index (χ0) is 20.1. The fraction of sp³-hybridized carbons (Fsp3) is 0.143. The summed E-state index contributed by atoms with van der Waals surface area (Å²) in [5.41, 5.74) is 1.49. The van der Waals surface area contributed by atoms with Gasteiger partial charge in [0.05, 0.1) is 27.6 Å². The molecule has 0 spiro atoms. The van der Waals surface area contributed by atoms with E-state index >= 15 is 0 Å². The van der Waals surface area contributed by atoms with E-state index in [9.17, 15) is 13.2 Å². The minimum atomic E-state index is -3.57. The number of pyridine rings is 1. The minimum absolute atomic E-state index is 0.0258. The van der Waals surface area contributed by atoms with E-state index in [0.717, 1.165) is 5.69 Å². The molecule has 1 amide bonds. The molecule has 1 heterocycles. The number of sulfone groups is 1. The zero-order valence-corrected chi connectivity index (χ0v) is 16.4. The van der Waals surface area contributed by atoms with Crippen LogP contribution in [0.5, 0.6) is 0 Å². The number of carbonyl (C=O) groups is 1. The Bertz CT molecular complexity index is 1060. The van der Waals surface area contributed by atoms with Gasteiger partial charge in [0.25, 0.3) is 5.91 Å². The number of aromatic nitrogens is 1. The highest BCUT2D eigenvalue weighted by Gasteiger charge is 2.25. The topological polar surface area (TPSA) is 88.2 Å². The summed E-state index contributed by atoms with van der Waals surface area (Å²) >= 11 is 0. The van der Waals surface area contributed by atoms with E-state index < -0.39 is 21.0 Å². The third-order valence-electron chi connectivity index (χ3n) is 4.13. The molecule has 28 heavy (non-hydrogen) atoms. The molecular weight excluding hydrogens is 374 g/mol. The van der Waals surface area contributed by atoms with Crippen molar-refractivity contribution in [2.75, 3.05) is 10.6 Å². The number of nitrogens with zero attached hydrogens (tertiary/aromatic N) is 1. The van der Waals surface area contributed by atoms with E-state index in [-0.39, 0.29) is 10.5 Å². The van der Waals surface area contributed by atoms with Gasteiger partial charge < -0.3 is 10.6 Å². The first-order valence-corrected chi connectivity index (χ1v) is 10.3. The van der Waals surface area contributed by atoms with Crippen LogP contribution in [0.4, 0.5) is 17.2 Å². The molecule has 144 valence electrons. The van der Waals surface area contributed by atoms with E-state index in [1.54, 1.807) is 38.1 Å². The molecule has 0 radical (unpaired) electrons. The Morgan fingerprint density at radius 3 is 2.21 bits per heavy atom. The van der Waals surface area contributed by atoms with Crippen LogP contribution < -0.4 is 10.6 Å². The maximum atomic E-state index is 12.7. The number of anilines is 3.